The number of rotatable bonds is 3. The number of anilines is 1. The first-order valence-corrected chi connectivity index (χ1v) is 7.84. The van der Waals surface area contributed by atoms with E-state index in [4.69, 9.17) is 5.73 Å². The number of aromatic nitrogens is 2. The lowest BCUT2D eigenvalue weighted by molar-refractivity contribution is 0.578. The number of nitrogens with one attached hydrogen (secondary N) is 1. The van der Waals surface area contributed by atoms with Gasteiger partial charge in [0.05, 0.1) is 11.9 Å². The van der Waals surface area contributed by atoms with Crippen molar-refractivity contribution in [3.63, 3.8) is 0 Å². The second kappa shape index (κ2) is 4.60. The molecule has 20 heavy (non-hydrogen) atoms. The lowest BCUT2D eigenvalue weighted by Crippen LogP contribution is -2.36. The van der Waals surface area contributed by atoms with E-state index in [2.05, 4.69) is 10.2 Å². The van der Waals surface area contributed by atoms with Gasteiger partial charge in [-0.2, -0.15) is 13.5 Å². The lowest BCUT2D eigenvalue weighted by atomic mass is 10.1. The van der Waals surface area contributed by atoms with Crippen LogP contribution < -0.4 is 10.0 Å². The highest BCUT2D eigenvalue weighted by Gasteiger charge is 2.37. The molecular formula is C13H16N4O2S. The largest absolute Gasteiger partial charge is 0.326 e. The molecule has 1 aromatic heterocycles. The Morgan fingerprint density at radius 2 is 2.20 bits per heavy atom. The smallest absolute Gasteiger partial charge is 0.281 e. The first-order valence-electron chi connectivity index (χ1n) is 6.40. The van der Waals surface area contributed by atoms with Crippen molar-refractivity contribution in [1.82, 2.24) is 10.2 Å². The normalized spacial score (nSPS) is 18.3. The Balaban J connectivity index is 2.13. The summed E-state index contributed by atoms with van der Waals surface area (Å²) in [7, 11) is -3.67. The van der Waals surface area contributed by atoms with E-state index in [0.717, 1.165) is 11.3 Å². The van der Waals surface area contributed by atoms with Crippen LogP contribution in [0.25, 0.3) is 0 Å². The fraction of sp³-hybridized carbons (Fsp3) is 0.308. The number of hydrogen-bond acceptors (Lipinski definition) is 4. The Kier molecular flexibility index (Phi) is 3.02. The van der Waals surface area contributed by atoms with Gasteiger partial charge in [-0.05, 0) is 25.0 Å². The molecule has 0 bridgehead atoms. The van der Waals surface area contributed by atoms with Crippen molar-refractivity contribution in [2.45, 2.75) is 31.0 Å². The van der Waals surface area contributed by atoms with Crippen LogP contribution in [0.4, 0.5) is 5.69 Å². The molecule has 0 aliphatic carbocycles. The standard InChI is InChI=1S/C13H16N4O2S/c1-9-6-10-4-2-3-5-12(10)17(9)20(18,19)13-11(7-14)8-15-16-13/h2-5,8-9H,6-7,14H2,1H3,(H,15,16). The van der Waals surface area contributed by atoms with Gasteiger partial charge in [-0.3, -0.25) is 9.40 Å². The molecule has 1 aromatic carbocycles. The Hall–Kier alpha value is -1.86. The number of aromatic amines is 1. The minimum Gasteiger partial charge on any atom is -0.326 e. The van der Waals surface area contributed by atoms with Crippen LogP contribution in [0.5, 0.6) is 0 Å². The van der Waals surface area contributed by atoms with E-state index < -0.39 is 10.0 Å². The molecule has 0 radical (unpaired) electrons. The molecule has 1 aliphatic rings. The molecule has 2 heterocycles. The van der Waals surface area contributed by atoms with Gasteiger partial charge < -0.3 is 5.73 Å². The number of nitrogens with two attached hydrogens (primary N) is 1. The van der Waals surface area contributed by atoms with E-state index in [-0.39, 0.29) is 17.6 Å². The maximum atomic E-state index is 12.8. The first-order chi connectivity index (χ1) is 9.55. The third kappa shape index (κ3) is 1.82. The molecule has 2 aromatic rings. The number of benzene rings is 1. The van der Waals surface area contributed by atoms with Gasteiger partial charge in [0.15, 0.2) is 5.03 Å². The molecule has 3 rings (SSSR count). The Labute approximate surface area is 117 Å². The SMILES string of the molecule is CC1Cc2ccccc2N1S(=O)(=O)c1[nH]ncc1CN. The number of hydrogen-bond donors (Lipinski definition) is 2. The highest BCUT2D eigenvalue weighted by atomic mass is 32.2. The van der Waals surface area contributed by atoms with Gasteiger partial charge in [0, 0.05) is 18.2 Å². The maximum absolute atomic E-state index is 12.8. The molecule has 3 N–H and O–H groups in total. The monoisotopic (exact) mass is 292 g/mol. The van der Waals surface area contributed by atoms with Gasteiger partial charge in [-0.15, -0.1) is 0 Å². The van der Waals surface area contributed by atoms with Crippen LogP contribution in [0, 0.1) is 0 Å². The van der Waals surface area contributed by atoms with Crippen molar-refractivity contribution in [2.24, 2.45) is 5.73 Å². The quantitative estimate of drug-likeness (QED) is 0.883. The van der Waals surface area contributed by atoms with Gasteiger partial charge in [-0.1, -0.05) is 18.2 Å². The van der Waals surface area contributed by atoms with Gasteiger partial charge in [0.1, 0.15) is 0 Å². The zero-order valence-electron chi connectivity index (χ0n) is 11.1. The summed E-state index contributed by atoms with van der Waals surface area (Å²) in [6.07, 6.45) is 2.17. The molecule has 1 atom stereocenters. The summed E-state index contributed by atoms with van der Waals surface area (Å²) in [5, 5.41) is 6.45. The Bertz CT molecular complexity index is 738. The van der Waals surface area contributed by atoms with E-state index in [9.17, 15) is 8.42 Å². The summed E-state index contributed by atoms with van der Waals surface area (Å²) in [4.78, 5) is 0. The molecule has 106 valence electrons. The molecular weight excluding hydrogens is 276 g/mol. The first kappa shape index (κ1) is 13.1. The van der Waals surface area contributed by atoms with Crippen LogP contribution in [0.1, 0.15) is 18.1 Å². The number of nitrogens with zero attached hydrogens (tertiary/aromatic N) is 2. The van der Waals surface area contributed by atoms with Crippen molar-refractivity contribution in [2.75, 3.05) is 4.31 Å². The van der Waals surface area contributed by atoms with E-state index in [1.165, 1.54) is 10.5 Å². The molecule has 7 heteroatoms. The van der Waals surface area contributed by atoms with Crippen LogP contribution in [-0.2, 0) is 23.0 Å². The summed E-state index contributed by atoms with van der Waals surface area (Å²) < 4.78 is 27.1. The number of fused-ring (bicyclic) bond motifs is 1. The molecule has 0 amide bonds. The van der Waals surface area contributed by atoms with E-state index in [1.807, 2.05) is 31.2 Å². The minimum atomic E-state index is -3.67. The van der Waals surface area contributed by atoms with Crippen molar-refractivity contribution in [3.8, 4) is 0 Å². The highest BCUT2D eigenvalue weighted by molar-refractivity contribution is 7.92. The van der Waals surface area contributed by atoms with Crippen molar-refractivity contribution in [3.05, 3.63) is 41.6 Å². The summed E-state index contributed by atoms with van der Waals surface area (Å²) in [6, 6.07) is 7.43. The lowest BCUT2D eigenvalue weighted by Gasteiger charge is -2.24. The fourth-order valence-electron chi connectivity index (χ4n) is 2.67. The minimum absolute atomic E-state index is 0.0866. The Morgan fingerprint density at radius 1 is 1.45 bits per heavy atom. The zero-order valence-corrected chi connectivity index (χ0v) is 11.9. The average Bonchev–Trinajstić information content (AvgIpc) is 3.01. The van der Waals surface area contributed by atoms with E-state index in [1.54, 1.807) is 0 Å². The van der Waals surface area contributed by atoms with Crippen LogP contribution in [0.2, 0.25) is 0 Å². The predicted octanol–water partition coefficient (Wildman–Crippen LogP) is 1.01. The van der Waals surface area contributed by atoms with Crippen molar-refractivity contribution in [1.29, 1.82) is 0 Å². The molecule has 6 nitrogen and oxygen atoms in total. The second-order valence-electron chi connectivity index (χ2n) is 4.91. The summed E-state index contributed by atoms with van der Waals surface area (Å²) in [5.41, 5.74) is 7.85. The van der Waals surface area contributed by atoms with Gasteiger partial charge >= 0.3 is 0 Å². The van der Waals surface area contributed by atoms with Gasteiger partial charge in [-0.25, -0.2) is 0 Å². The summed E-state index contributed by atoms with van der Waals surface area (Å²) in [5.74, 6) is 0. The number of para-hydroxylation sites is 1. The van der Waals surface area contributed by atoms with Crippen molar-refractivity contribution < 1.29 is 8.42 Å². The highest BCUT2D eigenvalue weighted by Crippen LogP contribution is 2.36. The molecule has 0 fully saturated rings. The second-order valence-corrected chi connectivity index (χ2v) is 6.66. The molecule has 0 spiro atoms. The maximum Gasteiger partial charge on any atom is 0.281 e. The topological polar surface area (TPSA) is 92.1 Å². The summed E-state index contributed by atoms with van der Waals surface area (Å²) >= 11 is 0. The molecule has 0 saturated carbocycles. The number of sulfonamides is 1. The van der Waals surface area contributed by atoms with Crippen LogP contribution in [0.3, 0.4) is 0 Å². The number of H-pyrrole nitrogens is 1. The molecule has 0 saturated heterocycles. The third-order valence-electron chi connectivity index (χ3n) is 3.56. The average molecular weight is 292 g/mol. The molecule has 1 aliphatic heterocycles. The fourth-order valence-corrected chi connectivity index (χ4v) is 4.49. The zero-order chi connectivity index (χ0) is 14.3. The Morgan fingerprint density at radius 3 is 2.95 bits per heavy atom. The van der Waals surface area contributed by atoms with Gasteiger partial charge in [0.2, 0.25) is 0 Å². The van der Waals surface area contributed by atoms with Crippen LogP contribution in [0.15, 0.2) is 35.5 Å². The van der Waals surface area contributed by atoms with E-state index >= 15 is 0 Å². The van der Waals surface area contributed by atoms with Crippen LogP contribution in [-0.4, -0.2) is 24.7 Å². The van der Waals surface area contributed by atoms with Crippen LogP contribution >= 0.6 is 0 Å². The van der Waals surface area contributed by atoms with Crippen molar-refractivity contribution >= 4 is 15.7 Å². The summed E-state index contributed by atoms with van der Waals surface area (Å²) in [6.45, 7) is 2.03. The predicted molar refractivity (Wildman–Crippen MR) is 75.8 cm³/mol. The van der Waals surface area contributed by atoms with E-state index in [0.29, 0.717) is 12.0 Å². The molecule has 1 unspecified atom stereocenters. The van der Waals surface area contributed by atoms with Gasteiger partial charge in [0.25, 0.3) is 10.0 Å². The third-order valence-corrected chi connectivity index (χ3v) is 5.50.